The normalized spacial score (nSPS) is 10.8. The van der Waals surface area contributed by atoms with Gasteiger partial charge in [0.1, 0.15) is 11.5 Å². The lowest BCUT2D eigenvalue weighted by Crippen LogP contribution is -2.06. The van der Waals surface area contributed by atoms with Crippen LogP contribution in [-0.4, -0.2) is 28.5 Å². The van der Waals surface area contributed by atoms with Gasteiger partial charge in [-0.25, -0.2) is 4.39 Å². The zero-order valence-electron chi connectivity index (χ0n) is 11.1. The van der Waals surface area contributed by atoms with Crippen molar-refractivity contribution in [1.82, 2.24) is 10.2 Å². The van der Waals surface area contributed by atoms with E-state index in [1.807, 2.05) is 6.92 Å². The van der Waals surface area contributed by atoms with E-state index in [1.54, 1.807) is 18.2 Å². The average molecular weight is 277 g/mol. The van der Waals surface area contributed by atoms with E-state index in [0.29, 0.717) is 22.6 Å². The van der Waals surface area contributed by atoms with Crippen LogP contribution < -0.4 is 5.73 Å². The van der Waals surface area contributed by atoms with Gasteiger partial charge in [0.25, 0.3) is 0 Å². The van der Waals surface area contributed by atoms with Crippen LogP contribution in [-0.2, 0) is 11.3 Å². The molecule has 106 valence electrons. The summed E-state index contributed by atoms with van der Waals surface area (Å²) in [5.41, 5.74) is 8.39. The highest BCUT2D eigenvalue weighted by Gasteiger charge is 2.10. The lowest BCUT2D eigenvalue weighted by Gasteiger charge is -2.08. The zero-order chi connectivity index (χ0) is 14.5. The number of aliphatic hydroxyl groups excluding tert-OH is 1. The molecule has 0 amide bonds. The topological polar surface area (TPSA) is 81.3 Å². The van der Waals surface area contributed by atoms with E-state index in [2.05, 4.69) is 10.2 Å². The number of nitrogen functional groups attached to an aromatic ring is 1. The number of benzene rings is 1. The molecule has 0 radical (unpaired) electrons. The summed E-state index contributed by atoms with van der Waals surface area (Å²) in [6.45, 7) is 2.17. The fraction of sp³-hybridized carbons (Fsp3) is 0.286. The average Bonchev–Trinajstić information content (AvgIpc) is 2.43. The number of hydrogen-bond donors (Lipinski definition) is 2. The number of nitrogens with two attached hydrogens (primary N) is 1. The van der Waals surface area contributed by atoms with Gasteiger partial charge < -0.3 is 15.6 Å². The molecule has 5 nitrogen and oxygen atoms in total. The van der Waals surface area contributed by atoms with Crippen molar-refractivity contribution in [3.8, 4) is 11.3 Å². The van der Waals surface area contributed by atoms with E-state index < -0.39 is 0 Å². The van der Waals surface area contributed by atoms with Gasteiger partial charge in [0.2, 0.25) is 0 Å². The van der Waals surface area contributed by atoms with Crippen molar-refractivity contribution in [2.45, 2.75) is 13.5 Å². The molecule has 0 saturated carbocycles. The highest BCUT2D eigenvalue weighted by atomic mass is 19.1. The quantitative estimate of drug-likeness (QED) is 0.813. The molecule has 0 fully saturated rings. The van der Waals surface area contributed by atoms with E-state index in [-0.39, 0.29) is 25.6 Å². The monoisotopic (exact) mass is 277 g/mol. The number of rotatable bonds is 5. The first kappa shape index (κ1) is 14.4. The van der Waals surface area contributed by atoms with Crippen molar-refractivity contribution in [2.75, 3.05) is 18.9 Å². The number of aromatic nitrogens is 2. The molecule has 0 atom stereocenters. The largest absolute Gasteiger partial charge is 0.397 e. The molecule has 1 aromatic carbocycles. The number of anilines is 1. The summed E-state index contributed by atoms with van der Waals surface area (Å²) in [6.07, 6.45) is 0. The van der Waals surface area contributed by atoms with Gasteiger partial charge in [-0.15, -0.1) is 5.10 Å². The number of hydrogen-bond acceptors (Lipinski definition) is 5. The Morgan fingerprint density at radius 1 is 1.30 bits per heavy atom. The number of ether oxygens (including phenoxy) is 1. The molecule has 0 unspecified atom stereocenters. The third-order valence-electron chi connectivity index (χ3n) is 2.78. The number of aliphatic hydroxyl groups is 1. The summed E-state index contributed by atoms with van der Waals surface area (Å²) in [5.74, 6) is -0.367. The molecule has 20 heavy (non-hydrogen) atoms. The smallest absolute Gasteiger partial charge is 0.132 e. The summed E-state index contributed by atoms with van der Waals surface area (Å²) in [6, 6.07) is 6.34. The second-order valence-corrected chi connectivity index (χ2v) is 4.39. The molecule has 0 aliphatic heterocycles. The highest BCUT2D eigenvalue weighted by Crippen LogP contribution is 2.24. The Bertz CT molecular complexity index is 605. The van der Waals surface area contributed by atoms with Crippen LogP contribution in [0.1, 0.15) is 11.3 Å². The fourth-order valence-electron chi connectivity index (χ4n) is 1.74. The van der Waals surface area contributed by atoms with Crippen molar-refractivity contribution in [3.63, 3.8) is 0 Å². The second kappa shape index (κ2) is 6.40. The summed E-state index contributed by atoms with van der Waals surface area (Å²) < 4.78 is 18.9. The maximum Gasteiger partial charge on any atom is 0.132 e. The van der Waals surface area contributed by atoms with Crippen LogP contribution in [0.2, 0.25) is 0 Å². The summed E-state index contributed by atoms with van der Waals surface area (Å²) in [4.78, 5) is 0. The van der Waals surface area contributed by atoms with E-state index in [9.17, 15) is 4.39 Å². The Labute approximate surface area is 116 Å². The standard InChI is InChI=1S/C14H16FN3O2/c1-9-2-3-11(15)10(6-9)13-7-12(16)14(18-17-13)8-20-5-4-19/h2-3,6-7,19H,4-5,8H2,1H3,(H2,16,17). The maximum absolute atomic E-state index is 13.8. The van der Waals surface area contributed by atoms with E-state index in [4.69, 9.17) is 15.6 Å². The predicted octanol–water partition coefficient (Wildman–Crippen LogP) is 1.68. The van der Waals surface area contributed by atoms with Crippen molar-refractivity contribution in [3.05, 3.63) is 41.3 Å². The molecule has 0 aliphatic rings. The minimum atomic E-state index is -0.367. The van der Waals surface area contributed by atoms with Crippen LogP contribution in [0.15, 0.2) is 24.3 Å². The predicted molar refractivity (Wildman–Crippen MR) is 73.3 cm³/mol. The van der Waals surface area contributed by atoms with Crippen LogP contribution >= 0.6 is 0 Å². The minimum absolute atomic E-state index is 0.0695. The molecule has 0 spiro atoms. The second-order valence-electron chi connectivity index (χ2n) is 4.39. The van der Waals surface area contributed by atoms with Gasteiger partial charge in [-0.3, -0.25) is 0 Å². The van der Waals surface area contributed by atoms with Gasteiger partial charge in [0, 0.05) is 5.56 Å². The fourth-order valence-corrected chi connectivity index (χ4v) is 1.74. The molecule has 2 aromatic rings. The van der Waals surface area contributed by atoms with Gasteiger partial charge in [-0.05, 0) is 25.1 Å². The molecule has 0 saturated heterocycles. The highest BCUT2D eigenvalue weighted by molar-refractivity contribution is 5.64. The maximum atomic E-state index is 13.8. The van der Waals surface area contributed by atoms with Gasteiger partial charge in [-0.2, -0.15) is 5.10 Å². The summed E-state index contributed by atoms with van der Waals surface area (Å²) in [5, 5.41) is 16.6. The summed E-state index contributed by atoms with van der Waals surface area (Å²) in [7, 11) is 0. The van der Waals surface area contributed by atoms with Crippen molar-refractivity contribution in [2.24, 2.45) is 0 Å². The lowest BCUT2D eigenvalue weighted by atomic mass is 10.1. The van der Waals surface area contributed by atoms with Gasteiger partial charge in [0.05, 0.1) is 31.2 Å². The SMILES string of the molecule is Cc1ccc(F)c(-c2cc(N)c(COCCO)nn2)c1. The van der Waals surface area contributed by atoms with Crippen molar-refractivity contribution >= 4 is 5.69 Å². The van der Waals surface area contributed by atoms with Crippen LogP contribution in [0.3, 0.4) is 0 Å². The number of halogens is 1. The number of aryl methyl sites for hydroxylation is 1. The van der Waals surface area contributed by atoms with E-state index >= 15 is 0 Å². The molecule has 3 N–H and O–H groups in total. The Morgan fingerprint density at radius 2 is 2.10 bits per heavy atom. The number of nitrogens with zero attached hydrogens (tertiary/aromatic N) is 2. The molecular formula is C14H16FN3O2. The van der Waals surface area contributed by atoms with Gasteiger partial charge in [0.15, 0.2) is 0 Å². The van der Waals surface area contributed by atoms with Gasteiger partial charge >= 0.3 is 0 Å². The molecular weight excluding hydrogens is 261 g/mol. The first-order valence-corrected chi connectivity index (χ1v) is 6.19. The molecule has 6 heteroatoms. The van der Waals surface area contributed by atoms with Crippen molar-refractivity contribution < 1.29 is 14.2 Å². The molecule has 0 bridgehead atoms. The molecule has 0 aliphatic carbocycles. The van der Waals surface area contributed by atoms with Crippen LogP contribution in [0, 0.1) is 12.7 Å². The van der Waals surface area contributed by atoms with Crippen LogP contribution in [0.25, 0.3) is 11.3 Å². The van der Waals surface area contributed by atoms with E-state index in [1.165, 1.54) is 6.07 Å². The zero-order valence-corrected chi connectivity index (χ0v) is 11.1. The minimum Gasteiger partial charge on any atom is -0.397 e. The molecule has 1 aromatic heterocycles. The molecule has 1 heterocycles. The summed E-state index contributed by atoms with van der Waals surface area (Å²) >= 11 is 0. The third kappa shape index (κ3) is 3.28. The first-order chi connectivity index (χ1) is 9.61. The Morgan fingerprint density at radius 3 is 2.80 bits per heavy atom. The lowest BCUT2D eigenvalue weighted by molar-refractivity contribution is 0.0796. The van der Waals surface area contributed by atoms with Crippen molar-refractivity contribution in [1.29, 1.82) is 0 Å². The first-order valence-electron chi connectivity index (χ1n) is 6.19. The Hall–Kier alpha value is -2.05. The Kier molecular flexibility index (Phi) is 4.60. The Balaban J connectivity index is 2.26. The van der Waals surface area contributed by atoms with Gasteiger partial charge in [-0.1, -0.05) is 11.6 Å². The molecule has 2 rings (SSSR count). The van der Waals surface area contributed by atoms with Crippen LogP contribution in [0.4, 0.5) is 10.1 Å². The van der Waals surface area contributed by atoms with E-state index in [0.717, 1.165) is 5.56 Å². The van der Waals surface area contributed by atoms with Crippen LogP contribution in [0.5, 0.6) is 0 Å². The third-order valence-corrected chi connectivity index (χ3v) is 2.78.